The van der Waals surface area contributed by atoms with Crippen molar-refractivity contribution in [3.05, 3.63) is 70.1 Å². The van der Waals surface area contributed by atoms with E-state index >= 15 is 0 Å². The molecule has 0 aliphatic rings. The second-order valence-electron chi connectivity index (χ2n) is 6.11. The molecule has 0 aliphatic carbocycles. The average Bonchev–Trinajstić information content (AvgIpc) is 2.63. The Morgan fingerprint density at radius 2 is 1.92 bits per heavy atom. The highest BCUT2D eigenvalue weighted by Crippen LogP contribution is 2.35. The fourth-order valence-corrected chi connectivity index (χ4v) is 2.67. The first-order chi connectivity index (χ1) is 12.5. The SMILES string of the molecule is COc1cc(O)c2c(=O)c(Oc3ccccc3)coc2c1CC=C(C)C. The number of hydrogen-bond acceptors (Lipinski definition) is 5. The Hall–Kier alpha value is -3.21. The monoisotopic (exact) mass is 352 g/mol. The molecule has 0 saturated heterocycles. The van der Waals surface area contributed by atoms with Gasteiger partial charge in [-0.3, -0.25) is 4.79 Å². The number of phenols is 1. The predicted octanol–water partition coefficient (Wildman–Crippen LogP) is 4.81. The third-order valence-corrected chi connectivity index (χ3v) is 3.96. The van der Waals surface area contributed by atoms with Crippen LogP contribution in [-0.4, -0.2) is 12.2 Å². The van der Waals surface area contributed by atoms with Gasteiger partial charge in [0.05, 0.1) is 7.11 Å². The molecule has 5 nitrogen and oxygen atoms in total. The van der Waals surface area contributed by atoms with E-state index in [1.54, 1.807) is 24.3 Å². The van der Waals surface area contributed by atoms with Crippen LogP contribution in [0.1, 0.15) is 19.4 Å². The maximum absolute atomic E-state index is 12.8. The van der Waals surface area contributed by atoms with Crippen LogP contribution in [-0.2, 0) is 6.42 Å². The zero-order valence-corrected chi connectivity index (χ0v) is 14.9. The first-order valence-electron chi connectivity index (χ1n) is 8.22. The van der Waals surface area contributed by atoms with Crippen LogP contribution >= 0.6 is 0 Å². The number of para-hydroxylation sites is 1. The topological polar surface area (TPSA) is 68.9 Å². The number of fused-ring (bicyclic) bond motifs is 1. The minimum atomic E-state index is -0.436. The second kappa shape index (κ2) is 7.35. The summed E-state index contributed by atoms with van der Waals surface area (Å²) in [5.41, 5.74) is 1.68. The van der Waals surface area contributed by atoms with Crippen molar-refractivity contribution in [3.8, 4) is 23.0 Å². The van der Waals surface area contributed by atoms with Crippen LogP contribution in [0.5, 0.6) is 23.0 Å². The van der Waals surface area contributed by atoms with E-state index in [1.807, 2.05) is 26.0 Å². The minimum Gasteiger partial charge on any atom is -0.507 e. The van der Waals surface area contributed by atoms with Gasteiger partial charge in [0.25, 0.3) is 0 Å². The maximum atomic E-state index is 12.8. The molecule has 1 heterocycles. The lowest BCUT2D eigenvalue weighted by Crippen LogP contribution is -2.07. The first-order valence-corrected chi connectivity index (χ1v) is 8.22. The van der Waals surface area contributed by atoms with Crippen molar-refractivity contribution in [1.29, 1.82) is 0 Å². The normalized spacial score (nSPS) is 10.6. The molecular formula is C21H20O5. The van der Waals surface area contributed by atoms with E-state index < -0.39 is 5.43 Å². The van der Waals surface area contributed by atoms with Crippen LogP contribution in [0.4, 0.5) is 0 Å². The van der Waals surface area contributed by atoms with Gasteiger partial charge < -0.3 is 19.0 Å². The molecule has 0 saturated carbocycles. The molecule has 0 atom stereocenters. The lowest BCUT2D eigenvalue weighted by molar-refractivity contribution is 0.402. The van der Waals surface area contributed by atoms with Gasteiger partial charge >= 0.3 is 0 Å². The van der Waals surface area contributed by atoms with Gasteiger partial charge in [0, 0.05) is 11.6 Å². The summed E-state index contributed by atoms with van der Waals surface area (Å²) in [6, 6.07) is 10.4. The average molecular weight is 352 g/mol. The second-order valence-corrected chi connectivity index (χ2v) is 6.11. The molecule has 5 heteroatoms. The number of ether oxygens (including phenoxy) is 2. The van der Waals surface area contributed by atoms with Crippen molar-refractivity contribution in [2.45, 2.75) is 20.3 Å². The fourth-order valence-electron chi connectivity index (χ4n) is 2.67. The highest BCUT2D eigenvalue weighted by Gasteiger charge is 2.19. The standard InChI is InChI=1S/C21H20O5/c1-13(2)9-10-15-17(24-3)11-16(22)19-20(23)18(12-25-21(15)19)26-14-7-5-4-6-8-14/h4-9,11-12,22H,10H2,1-3H3. The number of rotatable bonds is 5. The molecule has 1 aromatic heterocycles. The molecule has 1 N–H and O–H groups in total. The van der Waals surface area contributed by atoms with E-state index in [0.29, 0.717) is 29.1 Å². The van der Waals surface area contributed by atoms with Crippen molar-refractivity contribution >= 4 is 11.0 Å². The summed E-state index contributed by atoms with van der Waals surface area (Å²) < 4.78 is 16.6. The quantitative estimate of drug-likeness (QED) is 0.668. The van der Waals surface area contributed by atoms with Crippen molar-refractivity contribution < 1.29 is 19.0 Å². The van der Waals surface area contributed by atoms with Crippen molar-refractivity contribution in [3.63, 3.8) is 0 Å². The van der Waals surface area contributed by atoms with Crippen molar-refractivity contribution in [2.75, 3.05) is 7.11 Å². The fraction of sp³-hybridized carbons (Fsp3) is 0.190. The summed E-state index contributed by atoms with van der Waals surface area (Å²) in [5, 5.41) is 10.4. The molecule has 2 aromatic carbocycles. The van der Waals surface area contributed by atoms with Gasteiger partial charge in [0.15, 0.2) is 0 Å². The van der Waals surface area contributed by atoms with E-state index in [0.717, 1.165) is 5.57 Å². The van der Waals surface area contributed by atoms with E-state index in [9.17, 15) is 9.90 Å². The number of benzene rings is 2. The Morgan fingerprint density at radius 3 is 2.58 bits per heavy atom. The van der Waals surface area contributed by atoms with E-state index in [-0.39, 0.29) is 16.9 Å². The smallest absolute Gasteiger partial charge is 0.238 e. The Bertz CT molecular complexity index is 1010. The summed E-state index contributed by atoms with van der Waals surface area (Å²) in [5.74, 6) is 0.784. The summed E-state index contributed by atoms with van der Waals surface area (Å²) in [6.07, 6.45) is 3.79. The first kappa shape index (κ1) is 17.6. The van der Waals surface area contributed by atoms with Crippen LogP contribution in [0, 0.1) is 0 Å². The molecular weight excluding hydrogens is 332 g/mol. The lowest BCUT2D eigenvalue weighted by atomic mass is 10.0. The van der Waals surface area contributed by atoms with Crippen LogP contribution in [0.2, 0.25) is 0 Å². The van der Waals surface area contributed by atoms with Gasteiger partial charge in [-0.25, -0.2) is 0 Å². The van der Waals surface area contributed by atoms with Crippen LogP contribution in [0.3, 0.4) is 0 Å². The van der Waals surface area contributed by atoms with E-state index in [1.165, 1.54) is 19.4 Å². The van der Waals surface area contributed by atoms with Crippen LogP contribution < -0.4 is 14.9 Å². The Morgan fingerprint density at radius 1 is 1.19 bits per heavy atom. The Labute approximate surface area is 151 Å². The third kappa shape index (κ3) is 3.42. The third-order valence-electron chi connectivity index (χ3n) is 3.96. The molecule has 3 rings (SSSR count). The Kier molecular flexibility index (Phi) is 4.98. The highest BCUT2D eigenvalue weighted by atomic mass is 16.5. The molecule has 0 aliphatic heterocycles. The van der Waals surface area contributed by atoms with Gasteiger partial charge in [-0.05, 0) is 32.4 Å². The van der Waals surface area contributed by atoms with E-state index in [2.05, 4.69) is 0 Å². The molecule has 0 unspecified atom stereocenters. The molecule has 134 valence electrons. The molecule has 0 radical (unpaired) electrons. The predicted molar refractivity (Wildman–Crippen MR) is 100 cm³/mol. The van der Waals surface area contributed by atoms with Gasteiger partial charge in [0.1, 0.15) is 34.5 Å². The number of allylic oxidation sites excluding steroid dienone is 2. The zero-order chi connectivity index (χ0) is 18.7. The molecule has 0 bridgehead atoms. The molecule has 26 heavy (non-hydrogen) atoms. The lowest BCUT2D eigenvalue weighted by Gasteiger charge is -2.12. The molecule has 3 aromatic rings. The minimum absolute atomic E-state index is 0.0114. The number of aromatic hydroxyl groups is 1. The largest absolute Gasteiger partial charge is 0.507 e. The van der Waals surface area contributed by atoms with Crippen LogP contribution in [0.25, 0.3) is 11.0 Å². The molecule has 0 fully saturated rings. The summed E-state index contributed by atoms with van der Waals surface area (Å²) in [6.45, 7) is 3.97. The van der Waals surface area contributed by atoms with Gasteiger partial charge in [0.2, 0.25) is 11.2 Å². The number of hydrogen-bond donors (Lipinski definition) is 1. The van der Waals surface area contributed by atoms with Crippen molar-refractivity contribution in [2.24, 2.45) is 0 Å². The van der Waals surface area contributed by atoms with Gasteiger partial charge in [-0.2, -0.15) is 0 Å². The van der Waals surface area contributed by atoms with Crippen molar-refractivity contribution in [1.82, 2.24) is 0 Å². The van der Waals surface area contributed by atoms with E-state index in [4.69, 9.17) is 13.9 Å². The van der Waals surface area contributed by atoms with Gasteiger partial charge in [-0.15, -0.1) is 0 Å². The Balaban J connectivity index is 2.17. The summed E-state index contributed by atoms with van der Waals surface area (Å²) >= 11 is 0. The van der Waals surface area contributed by atoms with Gasteiger partial charge in [-0.1, -0.05) is 29.8 Å². The van der Waals surface area contributed by atoms with Crippen LogP contribution in [0.15, 0.2) is 63.5 Å². The number of phenolic OH excluding ortho intramolecular Hbond substituents is 1. The summed E-state index contributed by atoms with van der Waals surface area (Å²) in [7, 11) is 1.51. The zero-order valence-electron chi connectivity index (χ0n) is 14.9. The maximum Gasteiger partial charge on any atom is 0.238 e. The molecule has 0 spiro atoms. The summed E-state index contributed by atoms with van der Waals surface area (Å²) in [4.78, 5) is 12.8. The molecule has 0 amide bonds. The number of methoxy groups -OCH3 is 1. The highest BCUT2D eigenvalue weighted by molar-refractivity contribution is 5.89.